The first-order chi connectivity index (χ1) is 9.32. The molecule has 1 aromatic heterocycles. The summed E-state index contributed by atoms with van der Waals surface area (Å²) in [5.74, 6) is -0.198. The third-order valence-electron chi connectivity index (χ3n) is 3.24. The fourth-order valence-corrected chi connectivity index (χ4v) is 2.33. The summed E-state index contributed by atoms with van der Waals surface area (Å²) in [6.45, 7) is 6.93. The molecular formula is C16H22FN3. The van der Waals surface area contributed by atoms with E-state index in [1.807, 2.05) is 32.4 Å². The maximum atomic E-state index is 14.4. The minimum atomic E-state index is -0.198. The number of nitrogens with one attached hydrogen (secondary N) is 1. The van der Waals surface area contributed by atoms with Gasteiger partial charge in [-0.25, -0.2) is 4.39 Å². The van der Waals surface area contributed by atoms with E-state index in [4.69, 9.17) is 0 Å². The molecule has 108 valence electrons. The van der Waals surface area contributed by atoms with Crippen LogP contribution in [0.4, 0.5) is 4.39 Å². The molecule has 0 aliphatic heterocycles. The molecule has 0 atom stereocenters. The second-order valence-electron chi connectivity index (χ2n) is 6.16. The van der Waals surface area contributed by atoms with Gasteiger partial charge in [0.15, 0.2) is 0 Å². The standard InChI is InChI=1S/C16H22FN3/c1-16(2,3)15-13(10-20(5)19-15)12-7-6-11(9-18-4)8-14(12)17/h6-8,10,18H,9H2,1-5H3. The predicted molar refractivity (Wildman–Crippen MR) is 80.1 cm³/mol. The Hall–Kier alpha value is -1.68. The summed E-state index contributed by atoms with van der Waals surface area (Å²) in [5, 5.41) is 7.52. The van der Waals surface area contributed by atoms with E-state index >= 15 is 0 Å². The lowest BCUT2D eigenvalue weighted by atomic mass is 9.87. The largest absolute Gasteiger partial charge is 0.316 e. The van der Waals surface area contributed by atoms with E-state index in [0.717, 1.165) is 16.8 Å². The number of aromatic nitrogens is 2. The zero-order valence-electron chi connectivity index (χ0n) is 12.8. The zero-order valence-corrected chi connectivity index (χ0v) is 12.8. The minimum absolute atomic E-state index is 0.118. The SMILES string of the molecule is CNCc1ccc(-c2cn(C)nc2C(C)(C)C)c(F)c1. The highest BCUT2D eigenvalue weighted by Gasteiger charge is 2.24. The molecule has 0 bridgehead atoms. The van der Waals surface area contributed by atoms with E-state index in [-0.39, 0.29) is 11.2 Å². The van der Waals surface area contributed by atoms with Crippen LogP contribution in [0.3, 0.4) is 0 Å². The predicted octanol–water partition coefficient (Wildman–Crippen LogP) is 3.24. The molecule has 0 unspecified atom stereocenters. The lowest BCUT2D eigenvalue weighted by molar-refractivity contribution is 0.553. The van der Waals surface area contributed by atoms with Crippen LogP contribution in [-0.2, 0) is 19.0 Å². The fourth-order valence-electron chi connectivity index (χ4n) is 2.33. The fraction of sp³-hybridized carbons (Fsp3) is 0.438. The lowest BCUT2D eigenvalue weighted by Gasteiger charge is -2.18. The Bertz CT molecular complexity index is 609. The van der Waals surface area contributed by atoms with Crippen molar-refractivity contribution in [3.63, 3.8) is 0 Å². The van der Waals surface area contributed by atoms with Crippen LogP contribution in [0.25, 0.3) is 11.1 Å². The second kappa shape index (κ2) is 5.37. The van der Waals surface area contributed by atoms with Crippen LogP contribution in [-0.4, -0.2) is 16.8 Å². The van der Waals surface area contributed by atoms with Crippen molar-refractivity contribution in [3.8, 4) is 11.1 Å². The minimum Gasteiger partial charge on any atom is -0.316 e. The smallest absolute Gasteiger partial charge is 0.131 e. The van der Waals surface area contributed by atoms with Crippen LogP contribution < -0.4 is 5.32 Å². The molecule has 3 nitrogen and oxygen atoms in total. The molecule has 0 aliphatic carbocycles. The van der Waals surface area contributed by atoms with E-state index in [2.05, 4.69) is 31.2 Å². The van der Waals surface area contributed by atoms with Gasteiger partial charge in [0, 0.05) is 36.3 Å². The Morgan fingerprint density at radius 2 is 1.95 bits per heavy atom. The molecule has 1 N–H and O–H groups in total. The summed E-state index contributed by atoms with van der Waals surface area (Å²) in [7, 11) is 3.72. The van der Waals surface area contributed by atoms with Gasteiger partial charge in [-0.2, -0.15) is 5.10 Å². The van der Waals surface area contributed by atoms with Gasteiger partial charge in [-0.15, -0.1) is 0 Å². The average Bonchev–Trinajstić information content (AvgIpc) is 2.71. The number of hydrogen-bond acceptors (Lipinski definition) is 2. The van der Waals surface area contributed by atoms with E-state index < -0.39 is 0 Å². The molecule has 0 aliphatic rings. The first kappa shape index (κ1) is 14.7. The van der Waals surface area contributed by atoms with Crippen molar-refractivity contribution in [1.29, 1.82) is 0 Å². The number of aryl methyl sites for hydroxylation is 1. The third kappa shape index (κ3) is 2.90. The van der Waals surface area contributed by atoms with Gasteiger partial charge in [0.2, 0.25) is 0 Å². The highest BCUT2D eigenvalue weighted by Crippen LogP contribution is 2.33. The van der Waals surface area contributed by atoms with Crippen molar-refractivity contribution in [3.05, 3.63) is 41.5 Å². The first-order valence-electron chi connectivity index (χ1n) is 6.80. The molecule has 0 radical (unpaired) electrons. The van der Waals surface area contributed by atoms with Gasteiger partial charge in [-0.1, -0.05) is 32.9 Å². The topological polar surface area (TPSA) is 29.9 Å². The molecule has 0 spiro atoms. The van der Waals surface area contributed by atoms with E-state index in [9.17, 15) is 4.39 Å². The summed E-state index contributed by atoms with van der Waals surface area (Å²) in [6.07, 6.45) is 1.89. The molecular weight excluding hydrogens is 253 g/mol. The molecule has 2 aromatic rings. The van der Waals surface area contributed by atoms with Gasteiger partial charge < -0.3 is 5.32 Å². The van der Waals surface area contributed by atoms with Crippen molar-refractivity contribution < 1.29 is 4.39 Å². The molecule has 0 saturated carbocycles. The van der Waals surface area contributed by atoms with Crippen LogP contribution in [0.15, 0.2) is 24.4 Å². The summed E-state index contributed by atoms with van der Waals surface area (Å²) in [6, 6.07) is 5.38. The van der Waals surface area contributed by atoms with Crippen LogP contribution >= 0.6 is 0 Å². The summed E-state index contributed by atoms with van der Waals surface area (Å²) in [5.41, 5.74) is 3.22. The van der Waals surface area contributed by atoms with Gasteiger partial charge in [0.05, 0.1) is 5.69 Å². The second-order valence-corrected chi connectivity index (χ2v) is 6.16. The monoisotopic (exact) mass is 275 g/mol. The Morgan fingerprint density at radius 1 is 1.25 bits per heavy atom. The summed E-state index contributed by atoms with van der Waals surface area (Å²) < 4.78 is 16.1. The zero-order chi connectivity index (χ0) is 14.9. The Morgan fingerprint density at radius 3 is 2.50 bits per heavy atom. The first-order valence-corrected chi connectivity index (χ1v) is 6.80. The van der Waals surface area contributed by atoms with Crippen molar-refractivity contribution in [2.45, 2.75) is 32.7 Å². The number of nitrogens with zero attached hydrogens (tertiary/aromatic N) is 2. The number of rotatable bonds is 3. The van der Waals surface area contributed by atoms with Crippen molar-refractivity contribution in [2.24, 2.45) is 7.05 Å². The van der Waals surface area contributed by atoms with Crippen LogP contribution in [0.1, 0.15) is 32.0 Å². The van der Waals surface area contributed by atoms with E-state index in [1.165, 1.54) is 0 Å². The molecule has 2 rings (SSSR count). The number of halogens is 1. The average molecular weight is 275 g/mol. The Balaban J connectivity index is 2.52. The van der Waals surface area contributed by atoms with Crippen LogP contribution in [0.5, 0.6) is 0 Å². The van der Waals surface area contributed by atoms with Gasteiger partial charge in [0.25, 0.3) is 0 Å². The van der Waals surface area contributed by atoms with Crippen molar-refractivity contribution in [2.75, 3.05) is 7.05 Å². The number of hydrogen-bond donors (Lipinski definition) is 1. The lowest BCUT2D eigenvalue weighted by Crippen LogP contribution is -2.14. The molecule has 0 saturated heterocycles. The van der Waals surface area contributed by atoms with Gasteiger partial charge >= 0.3 is 0 Å². The Kier molecular flexibility index (Phi) is 3.95. The normalized spacial score (nSPS) is 11.9. The summed E-state index contributed by atoms with van der Waals surface area (Å²) in [4.78, 5) is 0. The molecule has 1 heterocycles. The van der Waals surface area contributed by atoms with Crippen LogP contribution in [0.2, 0.25) is 0 Å². The van der Waals surface area contributed by atoms with Crippen molar-refractivity contribution in [1.82, 2.24) is 15.1 Å². The maximum absolute atomic E-state index is 14.4. The van der Waals surface area contributed by atoms with Gasteiger partial charge in [0.1, 0.15) is 5.82 Å². The van der Waals surface area contributed by atoms with Gasteiger partial charge in [-0.3, -0.25) is 4.68 Å². The summed E-state index contributed by atoms with van der Waals surface area (Å²) >= 11 is 0. The Labute approximate surface area is 119 Å². The number of benzene rings is 1. The van der Waals surface area contributed by atoms with Crippen molar-refractivity contribution >= 4 is 0 Å². The molecule has 20 heavy (non-hydrogen) atoms. The van der Waals surface area contributed by atoms with Crippen LogP contribution in [0, 0.1) is 5.82 Å². The van der Waals surface area contributed by atoms with Gasteiger partial charge in [-0.05, 0) is 18.7 Å². The third-order valence-corrected chi connectivity index (χ3v) is 3.24. The molecule has 1 aromatic carbocycles. The molecule has 0 fully saturated rings. The highest BCUT2D eigenvalue weighted by atomic mass is 19.1. The maximum Gasteiger partial charge on any atom is 0.131 e. The molecule has 0 amide bonds. The molecule has 4 heteroatoms. The highest BCUT2D eigenvalue weighted by molar-refractivity contribution is 5.67. The van der Waals surface area contributed by atoms with E-state index in [1.54, 1.807) is 10.7 Å². The quantitative estimate of drug-likeness (QED) is 0.932. The van der Waals surface area contributed by atoms with E-state index in [0.29, 0.717) is 12.1 Å².